The number of carboxylic acids is 1. The van der Waals surface area contributed by atoms with Crippen molar-refractivity contribution in [3.63, 3.8) is 0 Å². The van der Waals surface area contributed by atoms with E-state index in [1.807, 2.05) is 0 Å². The average Bonchev–Trinajstić information content (AvgIpc) is 2.96. The molecule has 3 amide bonds. The average molecular weight is 314 g/mol. The normalized spacial score (nSPS) is 20.0. The summed E-state index contributed by atoms with van der Waals surface area (Å²) in [5.41, 5.74) is 5.05. The predicted octanol–water partition coefficient (Wildman–Crippen LogP) is -1.92. The summed E-state index contributed by atoms with van der Waals surface area (Å²) < 4.78 is 0. The second kappa shape index (κ2) is 8.32. The topological polar surface area (TPSA) is 151 Å². The molecule has 9 nitrogen and oxygen atoms in total. The quantitative estimate of drug-likeness (QED) is 0.352. The van der Waals surface area contributed by atoms with Gasteiger partial charge in [0.1, 0.15) is 12.1 Å². The maximum atomic E-state index is 12.1. The van der Waals surface area contributed by atoms with Crippen molar-refractivity contribution in [3.05, 3.63) is 0 Å². The fourth-order valence-corrected chi connectivity index (χ4v) is 2.11. The van der Waals surface area contributed by atoms with Crippen molar-refractivity contribution in [3.8, 4) is 0 Å². The first-order valence-electron chi connectivity index (χ1n) is 7.16. The number of hydrogen-bond acceptors (Lipinski definition) is 5. The third-order valence-corrected chi connectivity index (χ3v) is 3.42. The van der Waals surface area contributed by atoms with Crippen LogP contribution in [-0.4, -0.2) is 53.5 Å². The van der Waals surface area contributed by atoms with Gasteiger partial charge in [0.15, 0.2) is 0 Å². The van der Waals surface area contributed by atoms with Crippen LogP contribution in [0.4, 0.5) is 0 Å². The summed E-state index contributed by atoms with van der Waals surface area (Å²) in [7, 11) is 0. The first-order chi connectivity index (χ1) is 10.3. The molecule has 3 atom stereocenters. The molecule has 3 unspecified atom stereocenters. The third kappa shape index (κ3) is 5.68. The molecule has 0 spiro atoms. The number of nitrogens with one attached hydrogen (secondary N) is 3. The lowest BCUT2D eigenvalue weighted by Crippen LogP contribution is -2.54. The molecule has 124 valence electrons. The van der Waals surface area contributed by atoms with Gasteiger partial charge in [0.2, 0.25) is 17.7 Å². The Labute approximate surface area is 128 Å². The van der Waals surface area contributed by atoms with Crippen LogP contribution in [0, 0.1) is 0 Å². The van der Waals surface area contributed by atoms with Crippen LogP contribution in [0.15, 0.2) is 0 Å². The van der Waals surface area contributed by atoms with Crippen molar-refractivity contribution in [2.75, 3.05) is 6.54 Å². The van der Waals surface area contributed by atoms with E-state index in [0.29, 0.717) is 6.42 Å². The minimum atomic E-state index is -1.19. The highest BCUT2D eigenvalue weighted by atomic mass is 16.4. The van der Waals surface area contributed by atoms with Gasteiger partial charge in [-0.3, -0.25) is 19.2 Å². The van der Waals surface area contributed by atoms with Crippen LogP contribution in [-0.2, 0) is 19.2 Å². The Balaban J connectivity index is 2.64. The van der Waals surface area contributed by atoms with Crippen molar-refractivity contribution in [2.45, 2.75) is 50.7 Å². The maximum Gasteiger partial charge on any atom is 0.325 e. The van der Waals surface area contributed by atoms with Gasteiger partial charge in [-0.25, -0.2) is 0 Å². The van der Waals surface area contributed by atoms with Gasteiger partial charge in [-0.1, -0.05) is 0 Å². The number of rotatable bonds is 8. The predicted molar refractivity (Wildman–Crippen MR) is 76.6 cm³/mol. The standard InChI is InChI=1S/C13H22N4O5/c1-7(13(21)22)16-12(20)9(4-5-10(14)18)17-11(19)8-3-2-6-15-8/h7-9,15H,2-6H2,1H3,(H2,14,18)(H,16,20)(H,17,19)(H,21,22). The Hall–Kier alpha value is -2.16. The molecular formula is C13H22N4O5. The summed E-state index contributed by atoms with van der Waals surface area (Å²) in [6.07, 6.45) is 1.47. The number of hydrogen-bond donors (Lipinski definition) is 5. The number of primary amides is 1. The van der Waals surface area contributed by atoms with E-state index >= 15 is 0 Å². The van der Waals surface area contributed by atoms with E-state index in [4.69, 9.17) is 10.8 Å². The summed E-state index contributed by atoms with van der Waals surface area (Å²) in [6, 6.07) is -2.46. The Morgan fingerprint density at radius 3 is 2.50 bits per heavy atom. The number of nitrogens with two attached hydrogens (primary N) is 1. The van der Waals surface area contributed by atoms with Gasteiger partial charge in [0, 0.05) is 6.42 Å². The smallest absolute Gasteiger partial charge is 0.325 e. The monoisotopic (exact) mass is 314 g/mol. The van der Waals surface area contributed by atoms with Crippen LogP contribution < -0.4 is 21.7 Å². The Bertz CT molecular complexity index is 448. The van der Waals surface area contributed by atoms with Crippen molar-refractivity contribution in [1.82, 2.24) is 16.0 Å². The summed E-state index contributed by atoms with van der Waals surface area (Å²) in [5, 5.41) is 16.6. The largest absolute Gasteiger partial charge is 0.480 e. The fourth-order valence-electron chi connectivity index (χ4n) is 2.11. The molecule has 22 heavy (non-hydrogen) atoms. The minimum Gasteiger partial charge on any atom is -0.480 e. The molecule has 0 bridgehead atoms. The second-order valence-corrected chi connectivity index (χ2v) is 5.28. The van der Waals surface area contributed by atoms with Crippen molar-refractivity contribution in [1.29, 1.82) is 0 Å². The Morgan fingerprint density at radius 2 is 2.00 bits per heavy atom. The molecule has 0 aromatic rings. The molecule has 0 aliphatic carbocycles. The number of carbonyl (C=O) groups is 4. The lowest BCUT2D eigenvalue weighted by molar-refractivity contribution is -0.141. The first-order valence-corrected chi connectivity index (χ1v) is 7.16. The highest BCUT2D eigenvalue weighted by molar-refractivity contribution is 5.92. The third-order valence-electron chi connectivity index (χ3n) is 3.42. The number of amides is 3. The zero-order valence-corrected chi connectivity index (χ0v) is 12.4. The molecule has 0 aromatic heterocycles. The van der Waals surface area contributed by atoms with E-state index in [9.17, 15) is 19.2 Å². The van der Waals surface area contributed by atoms with Crippen LogP contribution in [0.25, 0.3) is 0 Å². The van der Waals surface area contributed by atoms with Crippen LogP contribution in [0.5, 0.6) is 0 Å². The summed E-state index contributed by atoms with van der Waals surface area (Å²) >= 11 is 0. The van der Waals surface area contributed by atoms with E-state index < -0.39 is 29.9 Å². The molecule has 1 aliphatic heterocycles. The molecule has 1 rings (SSSR count). The Morgan fingerprint density at radius 1 is 1.32 bits per heavy atom. The Kier molecular flexibility index (Phi) is 6.77. The number of aliphatic carboxylic acids is 1. The first kappa shape index (κ1) is 17.9. The summed E-state index contributed by atoms with van der Waals surface area (Å²) in [5.74, 6) is -2.78. The van der Waals surface area contributed by atoms with E-state index in [1.165, 1.54) is 6.92 Å². The zero-order chi connectivity index (χ0) is 16.7. The van der Waals surface area contributed by atoms with Crippen LogP contribution >= 0.6 is 0 Å². The molecule has 0 radical (unpaired) electrons. The van der Waals surface area contributed by atoms with Gasteiger partial charge in [0.25, 0.3) is 0 Å². The highest BCUT2D eigenvalue weighted by Gasteiger charge is 2.28. The highest BCUT2D eigenvalue weighted by Crippen LogP contribution is 2.06. The lowest BCUT2D eigenvalue weighted by Gasteiger charge is -2.21. The zero-order valence-electron chi connectivity index (χ0n) is 12.4. The van der Waals surface area contributed by atoms with Crippen molar-refractivity contribution >= 4 is 23.7 Å². The molecule has 1 saturated heterocycles. The van der Waals surface area contributed by atoms with Crippen molar-refractivity contribution in [2.24, 2.45) is 5.73 Å². The number of carboxylic acid groups (broad SMARTS) is 1. The van der Waals surface area contributed by atoms with E-state index in [-0.39, 0.29) is 24.8 Å². The summed E-state index contributed by atoms with van der Waals surface area (Å²) in [6.45, 7) is 2.04. The molecular weight excluding hydrogens is 292 g/mol. The molecule has 0 aromatic carbocycles. The summed E-state index contributed by atoms with van der Waals surface area (Å²) in [4.78, 5) is 45.7. The van der Waals surface area contributed by atoms with Crippen LogP contribution in [0.3, 0.4) is 0 Å². The molecule has 0 saturated carbocycles. The number of carbonyl (C=O) groups excluding carboxylic acids is 3. The SMILES string of the molecule is CC(NC(=O)C(CCC(N)=O)NC(=O)C1CCCN1)C(=O)O. The van der Waals surface area contributed by atoms with Gasteiger partial charge < -0.3 is 26.8 Å². The molecule has 6 N–H and O–H groups in total. The van der Waals surface area contributed by atoms with E-state index in [0.717, 1.165) is 13.0 Å². The van der Waals surface area contributed by atoms with Gasteiger partial charge in [-0.2, -0.15) is 0 Å². The molecule has 1 heterocycles. The van der Waals surface area contributed by atoms with Gasteiger partial charge in [-0.05, 0) is 32.7 Å². The van der Waals surface area contributed by atoms with Gasteiger partial charge >= 0.3 is 5.97 Å². The maximum absolute atomic E-state index is 12.1. The lowest BCUT2D eigenvalue weighted by atomic mass is 10.1. The van der Waals surface area contributed by atoms with Crippen molar-refractivity contribution < 1.29 is 24.3 Å². The second-order valence-electron chi connectivity index (χ2n) is 5.28. The molecule has 9 heteroatoms. The van der Waals surface area contributed by atoms with Crippen LogP contribution in [0.2, 0.25) is 0 Å². The van der Waals surface area contributed by atoms with Gasteiger partial charge in [-0.15, -0.1) is 0 Å². The van der Waals surface area contributed by atoms with Crippen LogP contribution in [0.1, 0.15) is 32.6 Å². The fraction of sp³-hybridized carbons (Fsp3) is 0.692. The molecule has 1 fully saturated rings. The van der Waals surface area contributed by atoms with E-state index in [2.05, 4.69) is 16.0 Å². The van der Waals surface area contributed by atoms with E-state index in [1.54, 1.807) is 0 Å². The minimum absolute atomic E-state index is 0.0198. The molecule has 1 aliphatic rings. The van der Waals surface area contributed by atoms with Gasteiger partial charge in [0.05, 0.1) is 6.04 Å².